The lowest BCUT2D eigenvalue weighted by Gasteiger charge is -2.46. The van der Waals surface area contributed by atoms with Crippen molar-refractivity contribution in [2.24, 2.45) is 0 Å². The van der Waals surface area contributed by atoms with Gasteiger partial charge in [0.15, 0.2) is 12.6 Å². The number of hydrogen-bond donors (Lipinski definition) is 9. The Morgan fingerprint density at radius 1 is 0.614 bits per heavy atom. The first-order valence-corrected chi connectivity index (χ1v) is 22.1. The summed E-state index contributed by atoms with van der Waals surface area (Å²) in [5.41, 5.74) is 0. The molecular weight excluding hydrogens is 738 g/mol. The summed E-state index contributed by atoms with van der Waals surface area (Å²) in [7, 11) is 0. The summed E-state index contributed by atoms with van der Waals surface area (Å²) in [6.45, 7) is 2.66. The van der Waals surface area contributed by atoms with Crippen LogP contribution in [0.1, 0.15) is 149 Å². The van der Waals surface area contributed by atoms with Gasteiger partial charge >= 0.3 is 0 Å². The van der Waals surface area contributed by atoms with Crippen molar-refractivity contribution in [2.45, 2.75) is 222 Å². The van der Waals surface area contributed by atoms with Crippen LogP contribution in [0.4, 0.5) is 0 Å². The normalized spacial score (nSPS) is 29.3. The minimum Gasteiger partial charge on any atom is -0.394 e. The Hall–Kier alpha value is -1.53. The molecule has 12 unspecified atom stereocenters. The number of hydrogen-bond acceptors (Lipinski definition) is 13. The number of aliphatic hydroxyl groups is 8. The fourth-order valence-electron chi connectivity index (χ4n) is 7.17. The number of carbonyl (C=O) groups is 1. The van der Waals surface area contributed by atoms with Crippen LogP contribution in [0.25, 0.3) is 0 Å². The lowest BCUT2D eigenvalue weighted by Crippen LogP contribution is -2.65. The Kier molecular flexibility index (Phi) is 28.4. The van der Waals surface area contributed by atoms with Crippen LogP contribution in [0.5, 0.6) is 0 Å². The van der Waals surface area contributed by atoms with E-state index in [0.29, 0.717) is 12.8 Å². The molecular formula is C43H79NO13. The van der Waals surface area contributed by atoms with Gasteiger partial charge in [0.2, 0.25) is 5.91 Å². The van der Waals surface area contributed by atoms with Gasteiger partial charge in [0.1, 0.15) is 48.8 Å². The molecule has 0 aromatic heterocycles. The van der Waals surface area contributed by atoms with Crippen molar-refractivity contribution in [1.29, 1.82) is 0 Å². The molecule has 1 amide bonds. The summed E-state index contributed by atoms with van der Waals surface area (Å²) in [5, 5.41) is 86.1. The third kappa shape index (κ3) is 20.1. The monoisotopic (exact) mass is 818 g/mol. The van der Waals surface area contributed by atoms with Crippen molar-refractivity contribution in [1.82, 2.24) is 5.32 Å². The van der Waals surface area contributed by atoms with E-state index in [1.165, 1.54) is 70.6 Å². The SMILES string of the molecule is CCCC/C=C/CC/C=C/C(O)C(COC1OC(CO)C(OC2OC(CO)C(O)C(O)C2O)C(O)C1O)NC(=O)CCCCCCCCCCCCCCCCC. The largest absolute Gasteiger partial charge is 0.394 e. The molecule has 2 aliphatic heterocycles. The van der Waals surface area contributed by atoms with Crippen molar-refractivity contribution in [3.63, 3.8) is 0 Å². The molecule has 0 radical (unpaired) electrons. The highest BCUT2D eigenvalue weighted by Crippen LogP contribution is 2.30. The summed E-state index contributed by atoms with van der Waals surface area (Å²) in [4.78, 5) is 13.0. The topological polar surface area (TPSA) is 228 Å². The van der Waals surface area contributed by atoms with Crippen LogP contribution in [0.15, 0.2) is 24.3 Å². The fraction of sp³-hybridized carbons (Fsp3) is 0.884. The van der Waals surface area contributed by atoms with Crippen LogP contribution in [-0.4, -0.2) is 140 Å². The van der Waals surface area contributed by atoms with Gasteiger partial charge in [0.25, 0.3) is 0 Å². The number of allylic oxidation sites excluding steroid dienone is 3. The second-order valence-corrected chi connectivity index (χ2v) is 15.8. The minimum absolute atomic E-state index is 0.254. The first kappa shape index (κ1) is 51.6. The number of nitrogens with one attached hydrogen (secondary N) is 1. The molecule has 2 saturated heterocycles. The van der Waals surface area contributed by atoms with Crippen LogP contribution in [-0.2, 0) is 23.7 Å². The van der Waals surface area contributed by atoms with Crippen molar-refractivity contribution in [2.75, 3.05) is 19.8 Å². The lowest BCUT2D eigenvalue weighted by atomic mass is 9.97. The van der Waals surface area contributed by atoms with E-state index in [4.69, 9.17) is 18.9 Å². The quantitative estimate of drug-likeness (QED) is 0.0348. The molecule has 0 bridgehead atoms. The van der Waals surface area contributed by atoms with E-state index >= 15 is 0 Å². The molecule has 2 fully saturated rings. The average Bonchev–Trinajstić information content (AvgIpc) is 3.21. The average molecular weight is 818 g/mol. The highest BCUT2D eigenvalue weighted by atomic mass is 16.7. The zero-order chi connectivity index (χ0) is 41.8. The van der Waals surface area contributed by atoms with Crippen LogP contribution >= 0.6 is 0 Å². The number of carbonyl (C=O) groups excluding carboxylic acids is 1. The Labute approximate surface area is 341 Å². The van der Waals surface area contributed by atoms with Crippen molar-refractivity contribution < 1.29 is 64.6 Å². The van der Waals surface area contributed by atoms with Gasteiger partial charge in [-0.05, 0) is 25.7 Å². The Bertz CT molecular complexity index is 1060. The van der Waals surface area contributed by atoms with Crippen LogP contribution in [0.3, 0.4) is 0 Å². The Morgan fingerprint density at radius 2 is 1.12 bits per heavy atom. The molecule has 57 heavy (non-hydrogen) atoms. The summed E-state index contributed by atoms with van der Waals surface area (Å²) in [6.07, 6.45) is 14.0. The van der Waals surface area contributed by atoms with E-state index in [-0.39, 0.29) is 18.9 Å². The highest BCUT2D eigenvalue weighted by Gasteiger charge is 2.50. The number of amides is 1. The zero-order valence-corrected chi connectivity index (χ0v) is 34.8. The molecule has 334 valence electrons. The summed E-state index contributed by atoms with van der Waals surface area (Å²) in [5.74, 6) is -0.254. The maximum Gasteiger partial charge on any atom is 0.220 e. The molecule has 12 atom stereocenters. The number of rotatable bonds is 32. The molecule has 2 rings (SSSR count). The van der Waals surface area contributed by atoms with Gasteiger partial charge in [-0.3, -0.25) is 4.79 Å². The second-order valence-electron chi connectivity index (χ2n) is 15.8. The zero-order valence-electron chi connectivity index (χ0n) is 34.8. The molecule has 14 nitrogen and oxygen atoms in total. The molecule has 0 saturated carbocycles. The molecule has 9 N–H and O–H groups in total. The minimum atomic E-state index is -1.79. The molecule has 2 aliphatic rings. The molecule has 14 heteroatoms. The predicted molar refractivity (Wildman–Crippen MR) is 217 cm³/mol. The third-order valence-corrected chi connectivity index (χ3v) is 10.9. The smallest absolute Gasteiger partial charge is 0.220 e. The Morgan fingerprint density at radius 3 is 1.70 bits per heavy atom. The first-order valence-electron chi connectivity index (χ1n) is 22.1. The van der Waals surface area contributed by atoms with E-state index in [1.54, 1.807) is 6.08 Å². The molecule has 0 aromatic rings. The summed E-state index contributed by atoms with van der Waals surface area (Å²) in [6, 6.07) is -0.922. The fourth-order valence-corrected chi connectivity index (χ4v) is 7.17. The second kappa shape index (κ2) is 31.4. The van der Waals surface area contributed by atoms with Crippen LogP contribution in [0, 0.1) is 0 Å². The number of ether oxygens (including phenoxy) is 4. The molecule has 0 spiro atoms. The van der Waals surface area contributed by atoms with Crippen LogP contribution < -0.4 is 5.32 Å². The van der Waals surface area contributed by atoms with Crippen molar-refractivity contribution in [3.8, 4) is 0 Å². The standard InChI is InChI=1S/C43H79NO13/c1-3-5-7-9-11-13-14-15-16-17-18-19-21-23-25-27-35(48)44-31(32(47)26-24-22-20-12-10-8-6-4-2)30-54-42-40(53)38(51)41(34(29-46)56-42)57-43-39(52)37(50)36(49)33(28-45)55-43/h10,12,24,26,31-34,36-43,45-47,49-53H,3-9,11,13-23,25,27-30H2,1-2H3,(H,44,48)/b12-10+,26-24+. The van der Waals surface area contributed by atoms with E-state index in [2.05, 4.69) is 31.3 Å². The van der Waals surface area contributed by atoms with Gasteiger partial charge in [-0.25, -0.2) is 0 Å². The van der Waals surface area contributed by atoms with Gasteiger partial charge in [-0.15, -0.1) is 0 Å². The summed E-state index contributed by atoms with van der Waals surface area (Å²) < 4.78 is 22.5. The maximum atomic E-state index is 13.0. The molecule has 0 aliphatic carbocycles. The van der Waals surface area contributed by atoms with Gasteiger partial charge in [0, 0.05) is 6.42 Å². The van der Waals surface area contributed by atoms with Crippen LogP contribution in [0.2, 0.25) is 0 Å². The lowest BCUT2D eigenvalue weighted by molar-refractivity contribution is -0.359. The maximum absolute atomic E-state index is 13.0. The van der Waals surface area contributed by atoms with E-state index in [0.717, 1.165) is 44.9 Å². The van der Waals surface area contributed by atoms with E-state index < -0.39 is 86.8 Å². The Balaban J connectivity index is 1.88. The van der Waals surface area contributed by atoms with E-state index in [9.17, 15) is 45.6 Å². The predicted octanol–water partition coefficient (Wildman–Crippen LogP) is 3.82. The van der Waals surface area contributed by atoms with Crippen molar-refractivity contribution in [3.05, 3.63) is 24.3 Å². The number of unbranched alkanes of at least 4 members (excludes halogenated alkanes) is 17. The van der Waals surface area contributed by atoms with Gasteiger partial charge in [-0.2, -0.15) is 0 Å². The van der Waals surface area contributed by atoms with Gasteiger partial charge in [-0.1, -0.05) is 141 Å². The number of aliphatic hydroxyl groups excluding tert-OH is 8. The molecule has 0 aromatic carbocycles. The van der Waals surface area contributed by atoms with Gasteiger partial charge < -0.3 is 65.1 Å². The van der Waals surface area contributed by atoms with Gasteiger partial charge in [0.05, 0.1) is 32.0 Å². The van der Waals surface area contributed by atoms with E-state index in [1.807, 2.05) is 6.08 Å². The third-order valence-electron chi connectivity index (χ3n) is 10.9. The highest BCUT2D eigenvalue weighted by molar-refractivity contribution is 5.76. The first-order chi connectivity index (χ1) is 27.6. The summed E-state index contributed by atoms with van der Waals surface area (Å²) >= 11 is 0. The molecule has 2 heterocycles. The van der Waals surface area contributed by atoms with Crippen molar-refractivity contribution >= 4 is 5.91 Å².